The van der Waals surface area contributed by atoms with Crippen LogP contribution in [0.25, 0.3) is 0 Å². The summed E-state index contributed by atoms with van der Waals surface area (Å²) in [7, 11) is 1.60. The lowest BCUT2D eigenvalue weighted by Gasteiger charge is -2.14. The van der Waals surface area contributed by atoms with Crippen molar-refractivity contribution < 1.29 is 9.47 Å². The first kappa shape index (κ1) is 24.3. The summed E-state index contributed by atoms with van der Waals surface area (Å²) >= 11 is 1.57. The topological polar surface area (TPSA) is 95.7 Å². The second-order valence-electron chi connectivity index (χ2n) is 8.49. The third kappa shape index (κ3) is 6.78. The van der Waals surface area contributed by atoms with E-state index in [-0.39, 0.29) is 11.3 Å². The maximum atomic E-state index is 9.36. The minimum Gasteiger partial charge on any atom is -0.490 e. The molecule has 0 atom stereocenters. The smallest absolute Gasteiger partial charge is 0.207 e. The van der Waals surface area contributed by atoms with Crippen molar-refractivity contribution >= 4 is 17.2 Å². The zero-order valence-electron chi connectivity index (χ0n) is 19.0. The molecule has 2 aromatic rings. The van der Waals surface area contributed by atoms with Crippen molar-refractivity contribution in [3.05, 3.63) is 45.2 Å². The molecule has 31 heavy (non-hydrogen) atoms. The van der Waals surface area contributed by atoms with Crippen LogP contribution in [0, 0.1) is 28.7 Å². The van der Waals surface area contributed by atoms with Crippen molar-refractivity contribution in [3.63, 3.8) is 0 Å². The largest absolute Gasteiger partial charge is 0.490 e. The second kappa shape index (κ2) is 10.9. The van der Waals surface area contributed by atoms with E-state index in [2.05, 4.69) is 56.4 Å². The van der Waals surface area contributed by atoms with Gasteiger partial charge in [-0.2, -0.15) is 20.5 Å². The van der Waals surface area contributed by atoms with E-state index in [0.717, 1.165) is 11.3 Å². The van der Waals surface area contributed by atoms with Crippen LogP contribution in [0.2, 0.25) is 0 Å². The van der Waals surface area contributed by atoms with E-state index in [0.29, 0.717) is 36.0 Å². The van der Waals surface area contributed by atoms with Gasteiger partial charge >= 0.3 is 0 Å². The van der Waals surface area contributed by atoms with Crippen molar-refractivity contribution in [1.29, 1.82) is 10.5 Å². The number of hydrogen-bond donors (Lipinski definition) is 0. The van der Waals surface area contributed by atoms with E-state index in [1.807, 2.05) is 6.19 Å². The normalized spacial score (nSPS) is 12.7. The molecule has 1 aromatic heterocycles. The van der Waals surface area contributed by atoms with E-state index in [4.69, 9.17) is 14.5 Å². The van der Waals surface area contributed by atoms with Gasteiger partial charge in [0.15, 0.2) is 10.6 Å². The molecular formula is C23H29N5O2S. The fourth-order valence-electron chi connectivity index (χ4n) is 2.76. The van der Waals surface area contributed by atoms with Crippen molar-refractivity contribution in [1.82, 2.24) is 4.57 Å². The van der Waals surface area contributed by atoms with Gasteiger partial charge in [0.1, 0.15) is 12.4 Å². The fraction of sp³-hybridized carbons (Fsp3) is 0.478. The van der Waals surface area contributed by atoms with Crippen LogP contribution in [0.4, 0.5) is 0 Å². The molecule has 0 spiro atoms. The van der Waals surface area contributed by atoms with Gasteiger partial charge in [-0.15, -0.1) is 11.3 Å². The minimum absolute atomic E-state index is 0.0289. The summed E-state index contributed by atoms with van der Waals surface area (Å²) < 4.78 is 13.0. The Morgan fingerprint density at radius 2 is 1.97 bits per heavy atom. The number of amidine groups is 1. The Kier molecular flexibility index (Phi) is 8.56. The number of benzene rings is 1. The predicted octanol–water partition coefficient (Wildman–Crippen LogP) is 4.23. The molecule has 0 aliphatic carbocycles. The maximum Gasteiger partial charge on any atom is 0.207 e. The SMILES string of the molecule is COCCOc1ccc(C#N)cc1C(=NC#N)N=c1sc(C(C)(C)C)cn1CC(C)C. The van der Waals surface area contributed by atoms with Crippen LogP contribution in [-0.4, -0.2) is 30.7 Å². The Morgan fingerprint density at radius 1 is 1.23 bits per heavy atom. The number of nitriles is 2. The first-order valence-electron chi connectivity index (χ1n) is 10.1. The van der Waals surface area contributed by atoms with E-state index in [1.165, 1.54) is 4.88 Å². The molecule has 0 bridgehead atoms. The van der Waals surface area contributed by atoms with Gasteiger partial charge in [-0.1, -0.05) is 34.6 Å². The highest BCUT2D eigenvalue weighted by atomic mass is 32.1. The molecule has 0 aliphatic heterocycles. The zero-order chi connectivity index (χ0) is 23.0. The van der Waals surface area contributed by atoms with Gasteiger partial charge in [0, 0.05) is 24.7 Å². The van der Waals surface area contributed by atoms with Crippen molar-refractivity contribution in [2.45, 2.75) is 46.6 Å². The van der Waals surface area contributed by atoms with Gasteiger partial charge in [0.2, 0.25) is 6.19 Å². The highest BCUT2D eigenvalue weighted by molar-refractivity contribution is 7.09. The number of hydrogen-bond acceptors (Lipinski definition) is 6. The van der Waals surface area contributed by atoms with Crippen LogP contribution >= 0.6 is 11.3 Å². The molecule has 0 aliphatic rings. The number of methoxy groups -OCH3 is 1. The quantitative estimate of drug-likeness (QED) is 0.279. The second-order valence-corrected chi connectivity index (χ2v) is 9.49. The van der Waals surface area contributed by atoms with Crippen molar-refractivity contribution in [3.8, 4) is 18.0 Å². The number of aliphatic imine (C=N–C) groups is 1. The molecule has 0 fully saturated rings. The van der Waals surface area contributed by atoms with Gasteiger partial charge in [-0.3, -0.25) is 0 Å². The number of rotatable bonds is 7. The van der Waals surface area contributed by atoms with E-state index >= 15 is 0 Å². The third-order valence-electron chi connectivity index (χ3n) is 4.27. The van der Waals surface area contributed by atoms with Gasteiger partial charge in [-0.05, 0) is 29.5 Å². The molecule has 8 heteroatoms. The fourth-order valence-corrected chi connectivity index (χ4v) is 3.82. The van der Waals surface area contributed by atoms with Crippen LogP contribution in [0.3, 0.4) is 0 Å². The molecule has 0 amide bonds. The van der Waals surface area contributed by atoms with Gasteiger partial charge in [0.05, 0.1) is 23.8 Å². The first-order valence-corrected chi connectivity index (χ1v) is 10.9. The third-order valence-corrected chi connectivity index (χ3v) is 5.72. The molecule has 0 unspecified atom stereocenters. The lowest BCUT2D eigenvalue weighted by atomic mass is 9.95. The number of nitrogens with zero attached hydrogens (tertiary/aromatic N) is 5. The minimum atomic E-state index is -0.0289. The molecule has 0 saturated heterocycles. The monoisotopic (exact) mass is 439 g/mol. The summed E-state index contributed by atoms with van der Waals surface area (Å²) in [5, 5.41) is 18.7. The van der Waals surface area contributed by atoms with E-state index in [1.54, 1.807) is 36.6 Å². The molecule has 0 saturated carbocycles. The summed E-state index contributed by atoms with van der Waals surface area (Å²) in [6.45, 7) is 12.3. The Balaban J connectivity index is 2.66. The van der Waals surface area contributed by atoms with E-state index < -0.39 is 0 Å². The Morgan fingerprint density at radius 3 is 2.55 bits per heavy atom. The van der Waals surface area contributed by atoms with Crippen LogP contribution < -0.4 is 9.54 Å². The molecule has 0 radical (unpaired) electrons. The molecule has 7 nitrogen and oxygen atoms in total. The summed E-state index contributed by atoms with van der Waals surface area (Å²) in [5.74, 6) is 1.14. The van der Waals surface area contributed by atoms with Crippen LogP contribution in [0.5, 0.6) is 5.75 Å². The predicted molar refractivity (Wildman–Crippen MR) is 122 cm³/mol. The molecule has 0 N–H and O–H groups in total. The van der Waals surface area contributed by atoms with Crippen molar-refractivity contribution in [2.75, 3.05) is 20.3 Å². The average molecular weight is 440 g/mol. The summed E-state index contributed by atoms with van der Waals surface area (Å²) in [4.78, 5) is 10.7. The number of aromatic nitrogens is 1. The Bertz CT molecular complexity index is 1080. The van der Waals surface area contributed by atoms with Crippen molar-refractivity contribution in [2.24, 2.45) is 15.9 Å². The van der Waals surface area contributed by atoms with Gasteiger partial charge in [0.25, 0.3) is 0 Å². The summed E-state index contributed by atoms with van der Waals surface area (Å²) in [6.07, 6.45) is 3.96. The van der Waals surface area contributed by atoms with E-state index in [9.17, 15) is 10.5 Å². The Hall–Kier alpha value is -2.94. The molecular weight excluding hydrogens is 410 g/mol. The van der Waals surface area contributed by atoms with Crippen LogP contribution in [-0.2, 0) is 16.7 Å². The van der Waals surface area contributed by atoms with Crippen LogP contribution in [0.1, 0.15) is 50.6 Å². The number of ether oxygens (including phenoxy) is 2. The first-order chi connectivity index (χ1) is 14.7. The Labute approximate surface area is 187 Å². The lowest BCUT2D eigenvalue weighted by Crippen LogP contribution is -2.19. The maximum absolute atomic E-state index is 9.36. The lowest BCUT2D eigenvalue weighted by molar-refractivity contribution is 0.146. The standard InChI is InChI=1S/C23H29N5O2S/c1-16(2)13-28-14-20(23(3,4)5)31-22(28)27-21(26-15-25)18-11-17(12-24)7-8-19(18)30-10-9-29-6/h7-8,11,14,16H,9-10,13H2,1-6H3. The molecule has 1 heterocycles. The summed E-state index contributed by atoms with van der Waals surface area (Å²) in [6, 6.07) is 7.13. The zero-order valence-corrected chi connectivity index (χ0v) is 19.8. The molecule has 164 valence electrons. The number of thiazole rings is 1. The molecule has 2 rings (SSSR count). The van der Waals surface area contributed by atoms with Gasteiger partial charge in [-0.25, -0.2) is 0 Å². The highest BCUT2D eigenvalue weighted by Gasteiger charge is 2.19. The summed E-state index contributed by atoms with van der Waals surface area (Å²) in [5.41, 5.74) is 0.906. The van der Waals surface area contributed by atoms with Crippen LogP contribution in [0.15, 0.2) is 34.4 Å². The highest BCUT2D eigenvalue weighted by Crippen LogP contribution is 2.25. The molecule has 1 aromatic carbocycles. The van der Waals surface area contributed by atoms with Gasteiger partial charge < -0.3 is 14.0 Å². The average Bonchev–Trinajstić information content (AvgIpc) is 3.10.